The van der Waals surface area contributed by atoms with Crippen LogP contribution in [0.25, 0.3) is 22.4 Å². The largest absolute Gasteiger partial charge is 0.268 e. The lowest BCUT2D eigenvalue weighted by Crippen LogP contribution is -2.13. The van der Waals surface area contributed by atoms with Crippen LogP contribution in [0.3, 0.4) is 0 Å². The van der Waals surface area contributed by atoms with Crippen LogP contribution in [0.1, 0.15) is 25.1 Å². The molecule has 3 aromatic rings. The van der Waals surface area contributed by atoms with Crippen LogP contribution in [0.2, 0.25) is 0 Å². The first kappa shape index (κ1) is 14.6. The van der Waals surface area contributed by atoms with Crippen molar-refractivity contribution in [1.82, 2.24) is 14.8 Å². The van der Waals surface area contributed by atoms with Gasteiger partial charge in [-0.15, -0.1) is 0 Å². The average Bonchev–Trinajstić information content (AvgIpc) is 3.07. The molecule has 1 aromatic carbocycles. The topological polar surface area (TPSA) is 54.5 Å². The van der Waals surface area contributed by atoms with Crippen LogP contribution in [0.15, 0.2) is 48.8 Å². The summed E-state index contributed by atoms with van der Waals surface area (Å²) in [5, 5.41) is 14.4. The van der Waals surface area contributed by atoms with Gasteiger partial charge in [0, 0.05) is 35.8 Å². The van der Waals surface area contributed by atoms with Gasteiger partial charge >= 0.3 is 0 Å². The molecule has 0 aliphatic carbocycles. The number of aromatic nitrogens is 3. The molecule has 0 radical (unpaired) electrons. The summed E-state index contributed by atoms with van der Waals surface area (Å²) in [5.74, 6) is 0. The molecule has 0 unspecified atom stereocenters. The Morgan fingerprint density at radius 2 is 1.88 bits per heavy atom. The summed E-state index contributed by atoms with van der Waals surface area (Å²) < 4.78 is 2.11. The van der Waals surface area contributed by atoms with E-state index in [1.807, 2.05) is 36.4 Å². The highest BCUT2D eigenvalue weighted by Gasteiger charge is 2.34. The zero-order chi connectivity index (χ0) is 16.7. The van der Waals surface area contributed by atoms with Gasteiger partial charge in [0.05, 0.1) is 11.6 Å². The third-order valence-electron chi connectivity index (χ3n) is 4.55. The van der Waals surface area contributed by atoms with E-state index in [4.69, 9.17) is 5.10 Å². The zero-order valence-corrected chi connectivity index (χ0v) is 13.8. The third kappa shape index (κ3) is 2.30. The first-order chi connectivity index (χ1) is 11.6. The lowest BCUT2D eigenvalue weighted by atomic mass is 9.88. The second-order valence-electron chi connectivity index (χ2n) is 7.06. The maximum atomic E-state index is 9.48. The predicted octanol–water partition coefficient (Wildman–Crippen LogP) is 4.07. The predicted molar refractivity (Wildman–Crippen MR) is 93.1 cm³/mol. The minimum Gasteiger partial charge on any atom is -0.268 e. The van der Waals surface area contributed by atoms with Gasteiger partial charge in [0.25, 0.3) is 0 Å². The van der Waals surface area contributed by atoms with E-state index in [1.54, 1.807) is 12.4 Å². The lowest BCUT2D eigenvalue weighted by Gasteiger charge is -2.16. The summed E-state index contributed by atoms with van der Waals surface area (Å²) in [6, 6.07) is 14.0. The van der Waals surface area contributed by atoms with Crippen molar-refractivity contribution in [2.24, 2.45) is 5.41 Å². The Balaban J connectivity index is 1.99. The molecular weight excluding hydrogens is 296 g/mol. The Hall–Kier alpha value is -2.93. The fourth-order valence-electron chi connectivity index (χ4n) is 3.52. The van der Waals surface area contributed by atoms with E-state index in [2.05, 4.69) is 29.6 Å². The third-order valence-corrected chi connectivity index (χ3v) is 4.55. The fraction of sp³-hybridized carbons (Fsp3) is 0.250. The van der Waals surface area contributed by atoms with Gasteiger partial charge in [-0.1, -0.05) is 32.0 Å². The zero-order valence-electron chi connectivity index (χ0n) is 13.8. The summed E-state index contributed by atoms with van der Waals surface area (Å²) in [5.41, 5.74) is 6.13. The number of hydrogen-bond donors (Lipinski definition) is 0. The van der Waals surface area contributed by atoms with Crippen molar-refractivity contribution in [3.8, 4) is 28.5 Å². The van der Waals surface area contributed by atoms with Gasteiger partial charge in [-0.25, -0.2) is 0 Å². The van der Waals surface area contributed by atoms with E-state index >= 15 is 0 Å². The number of benzene rings is 1. The van der Waals surface area contributed by atoms with Gasteiger partial charge in [0.15, 0.2) is 0 Å². The molecule has 3 heterocycles. The van der Waals surface area contributed by atoms with Crippen molar-refractivity contribution in [3.05, 3.63) is 60.0 Å². The number of nitriles is 1. The maximum absolute atomic E-state index is 9.48. The molecule has 0 saturated carbocycles. The van der Waals surface area contributed by atoms with Gasteiger partial charge in [0.1, 0.15) is 5.69 Å². The average molecular weight is 314 g/mol. The molecule has 24 heavy (non-hydrogen) atoms. The molecule has 2 aromatic heterocycles. The van der Waals surface area contributed by atoms with E-state index in [0.29, 0.717) is 5.56 Å². The molecule has 4 nitrogen and oxygen atoms in total. The van der Waals surface area contributed by atoms with Crippen molar-refractivity contribution in [1.29, 1.82) is 5.26 Å². The van der Waals surface area contributed by atoms with E-state index in [1.165, 1.54) is 5.69 Å². The highest BCUT2D eigenvalue weighted by atomic mass is 15.3. The van der Waals surface area contributed by atoms with Crippen LogP contribution in [0.5, 0.6) is 0 Å². The van der Waals surface area contributed by atoms with Crippen molar-refractivity contribution in [3.63, 3.8) is 0 Å². The van der Waals surface area contributed by atoms with Gasteiger partial charge in [-0.2, -0.15) is 10.4 Å². The van der Waals surface area contributed by atoms with E-state index in [0.717, 1.165) is 35.3 Å². The summed E-state index contributed by atoms with van der Waals surface area (Å²) >= 11 is 0. The van der Waals surface area contributed by atoms with Crippen molar-refractivity contribution < 1.29 is 0 Å². The summed E-state index contributed by atoms with van der Waals surface area (Å²) in [6.45, 7) is 5.43. The molecule has 4 heteroatoms. The molecule has 0 N–H and O–H groups in total. The monoisotopic (exact) mass is 314 g/mol. The van der Waals surface area contributed by atoms with E-state index < -0.39 is 0 Å². The summed E-state index contributed by atoms with van der Waals surface area (Å²) in [7, 11) is 0. The number of pyridine rings is 1. The summed E-state index contributed by atoms with van der Waals surface area (Å²) in [4.78, 5) is 4.13. The normalized spacial score (nSPS) is 15.0. The maximum Gasteiger partial charge on any atom is 0.102 e. The van der Waals surface area contributed by atoms with Crippen LogP contribution in [0, 0.1) is 16.7 Å². The lowest BCUT2D eigenvalue weighted by molar-refractivity contribution is 0.347. The van der Waals surface area contributed by atoms with E-state index in [-0.39, 0.29) is 5.41 Å². The molecule has 4 rings (SSSR count). The number of nitrogens with zero attached hydrogens (tertiary/aromatic N) is 4. The quantitative estimate of drug-likeness (QED) is 0.716. The first-order valence-electron chi connectivity index (χ1n) is 8.09. The Morgan fingerprint density at radius 3 is 2.62 bits per heavy atom. The van der Waals surface area contributed by atoms with Crippen LogP contribution >= 0.6 is 0 Å². The SMILES string of the molecule is CC1(C)Cc2c(-c3ccncc3)c(-c3ccccc3C#N)nn2C1. The van der Waals surface area contributed by atoms with E-state index in [9.17, 15) is 5.26 Å². The highest BCUT2D eigenvalue weighted by Crippen LogP contribution is 2.42. The highest BCUT2D eigenvalue weighted by molar-refractivity contribution is 5.85. The van der Waals surface area contributed by atoms with Crippen LogP contribution in [-0.2, 0) is 13.0 Å². The molecule has 0 spiro atoms. The fourth-order valence-corrected chi connectivity index (χ4v) is 3.52. The number of rotatable bonds is 2. The first-order valence-corrected chi connectivity index (χ1v) is 8.09. The minimum atomic E-state index is 0.206. The smallest absolute Gasteiger partial charge is 0.102 e. The molecule has 118 valence electrons. The Bertz CT molecular complexity index is 946. The van der Waals surface area contributed by atoms with Crippen molar-refractivity contribution in [2.45, 2.75) is 26.8 Å². The molecule has 0 atom stereocenters. The van der Waals surface area contributed by atoms with Gasteiger partial charge < -0.3 is 0 Å². The molecule has 0 amide bonds. The second kappa shape index (κ2) is 5.31. The van der Waals surface area contributed by atoms with Crippen LogP contribution < -0.4 is 0 Å². The Kier molecular flexibility index (Phi) is 3.24. The molecule has 0 fully saturated rings. The second-order valence-corrected chi connectivity index (χ2v) is 7.06. The van der Waals surface area contributed by atoms with Crippen LogP contribution in [-0.4, -0.2) is 14.8 Å². The summed E-state index contributed by atoms with van der Waals surface area (Å²) in [6.07, 6.45) is 4.59. The molecular formula is C20H18N4. The molecule has 0 bridgehead atoms. The Labute approximate surface area is 141 Å². The van der Waals surface area contributed by atoms with Crippen LogP contribution in [0.4, 0.5) is 0 Å². The molecule has 0 saturated heterocycles. The van der Waals surface area contributed by atoms with Crippen molar-refractivity contribution >= 4 is 0 Å². The van der Waals surface area contributed by atoms with Crippen molar-refractivity contribution in [2.75, 3.05) is 0 Å². The minimum absolute atomic E-state index is 0.206. The van der Waals surface area contributed by atoms with Gasteiger partial charge in [0.2, 0.25) is 0 Å². The molecule has 1 aliphatic rings. The Morgan fingerprint density at radius 1 is 1.12 bits per heavy atom. The number of fused-ring (bicyclic) bond motifs is 1. The van der Waals surface area contributed by atoms with Gasteiger partial charge in [-0.05, 0) is 35.6 Å². The number of hydrogen-bond acceptors (Lipinski definition) is 3. The standard InChI is InChI=1S/C20H18N4/c1-20(2)11-17-18(14-7-9-22-10-8-14)19(23-24(17)13-20)16-6-4-3-5-15(16)12-21/h3-10H,11,13H2,1-2H3. The van der Waals surface area contributed by atoms with Gasteiger partial charge in [-0.3, -0.25) is 9.67 Å². The molecule has 1 aliphatic heterocycles.